The average Bonchev–Trinajstić information content (AvgIpc) is 3.34. The molecular formula is C24H33N3O2. The highest BCUT2D eigenvalue weighted by molar-refractivity contribution is 5.78. The van der Waals surface area contributed by atoms with E-state index < -0.39 is 0 Å². The molecule has 4 aliphatic rings. The van der Waals surface area contributed by atoms with Crippen molar-refractivity contribution in [2.45, 2.75) is 75.2 Å². The van der Waals surface area contributed by atoms with E-state index in [9.17, 15) is 9.59 Å². The molecule has 0 bridgehead atoms. The van der Waals surface area contributed by atoms with Gasteiger partial charge in [0.1, 0.15) is 0 Å². The molecule has 5 heteroatoms. The topological polar surface area (TPSA) is 52.7 Å². The highest BCUT2D eigenvalue weighted by Crippen LogP contribution is 2.52. The van der Waals surface area contributed by atoms with E-state index in [4.69, 9.17) is 0 Å². The van der Waals surface area contributed by atoms with Crippen molar-refractivity contribution in [3.63, 3.8) is 0 Å². The second-order valence-corrected chi connectivity index (χ2v) is 9.63. The van der Waals surface area contributed by atoms with Gasteiger partial charge in [-0.2, -0.15) is 0 Å². The van der Waals surface area contributed by atoms with E-state index in [0.29, 0.717) is 18.4 Å². The van der Waals surface area contributed by atoms with Gasteiger partial charge in [0.25, 0.3) is 0 Å². The number of hydrogen-bond donors (Lipinski definition) is 1. The van der Waals surface area contributed by atoms with Crippen LogP contribution in [0, 0.1) is 0 Å². The van der Waals surface area contributed by atoms with Crippen LogP contribution in [0.4, 0.5) is 4.79 Å². The summed E-state index contributed by atoms with van der Waals surface area (Å²) in [4.78, 5) is 29.5. The fourth-order valence-electron chi connectivity index (χ4n) is 5.98. The molecule has 5 nitrogen and oxygen atoms in total. The summed E-state index contributed by atoms with van der Waals surface area (Å²) in [6, 6.07) is 9.40. The lowest BCUT2D eigenvalue weighted by atomic mass is 9.73. The molecular weight excluding hydrogens is 362 g/mol. The molecule has 0 unspecified atom stereocenters. The molecule has 5 rings (SSSR count). The van der Waals surface area contributed by atoms with Crippen LogP contribution in [-0.4, -0.2) is 54.0 Å². The zero-order valence-electron chi connectivity index (χ0n) is 17.4. The molecule has 156 valence electrons. The first kappa shape index (κ1) is 19.0. The minimum atomic E-state index is 0.139. The van der Waals surface area contributed by atoms with Crippen LogP contribution < -0.4 is 5.32 Å². The monoisotopic (exact) mass is 395 g/mol. The Bertz CT molecular complexity index is 774. The molecule has 1 aromatic carbocycles. The quantitative estimate of drug-likeness (QED) is 0.847. The molecule has 1 aromatic rings. The minimum Gasteiger partial charge on any atom is -0.353 e. The van der Waals surface area contributed by atoms with E-state index in [-0.39, 0.29) is 17.4 Å². The Labute approximate surface area is 173 Å². The number of carbonyl (C=O) groups excluding carboxylic acids is 2. The average molecular weight is 396 g/mol. The van der Waals surface area contributed by atoms with Crippen LogP contribution in [0.25, 0.3) is 0 Å². The van der Waals surface area contributed by atoms with Gasteiger partial charge in [-0.25, -0.2) is 4.79 Å². The standard InChI is InChI=1S/C24H33N3O2/c28-22(25-19-6-5-7-19)16-18-17-24(21-9-2-1-8-20(18)21)10-14-27(15-11-24)23(29)26-12-3-4-13-26/h1-2,8-9,18-19H,3-7,10-17H2,(H,25,28)/t18-/m0/s1. The van der Waals surface area contributed by atoms with Crippen LogP contribution in [0.1, 0.15) is 74.8 Å². The number of urea groups is 1. The van der Waals surface area contributed by atoms with Crippen molar-refractivity contribution in [1.82, 2.24) is 15.1 Å². The van der Waals surface area contributed by atoms with Gasteiger partial charge >= 0.3 is 6.03 Å². The number of rotatable bonds is 3. The number of nitrogens with zero attached hydrogens (tertiary/aromatic N) is 2. The van der Waals surface area contributed by atoms with E-state index >= 15 is 0 Å². The summed E-state index contributed by atoms with van der Waals surface area (Å²) in [6.07, 6.45) is 9.49. The Morgan fingerprint density at radius 2 is 1.66 bits per heavy atom. The molecule has 2 saturated heterocycles. The van der Waals surface area contributed by atoms with Gasteiger partial charge in [0.05, 0.1) is 0 Å². The number of benzene rings is 1. The summed E-state index contributed by atoms with van der Waals surface area (Å²) in [6.45, 7) is 3.51. The second kappa shape index (κ2) is 7.66. The van der Waals surface area contributed by atoms with Gasteiger partial charge in [0.15, 0.2) is 0 Å². The number of fused-ring (bicyclic) bond motifs is 2. The van der Waals surface area contributed by atoms with Crippen molar-refractivity contribution < 1.29 is 9.59 Å². The van der Waals surface area contributed by atoms with Crippen molar-refractivity contribution in [2.24, 2.45) is 0 Å². The first-order valence-electron chi connectivity index (χ1n) is 11.6. The molecule has 1 saturated carbocycles. The van der Waals surface area contributed by atoms with Gasteiger partial charge in [-0.15, -0.1) is 0 Å². The Balaban J connectivity index is 1.27. The third-order valence-electron chi connectivity index (χ3n) is 7.88. The molecule has 2 heterocycles. The zero-order chi connectivity index (χ0) is 19.8. The normalized spacial score (nSPS) is 25.7. The fraction of sp³-hybridized carbons (Fsp3) is 0.667. The molecule has 1 atom stereocenters. The summed E-state index contributed by atoms with van der Waals surface area (Å²) >= 11 is 0. The molecule has 0 radical (unpaired) electrons. The van der Waals surface area contributed by atoms with Crippen molar-refractivity contribution in [3.8, 4) is 0 Å². The molecule has 0 aromatic heterocycles. The SMILES string of the molecule is O=C(C[C@H]1CC2(CCN(C(=O)N3CCCC3)CC2)c2ccccc21)NC1CCC1. The van der Waals surface area contributed by atoms with Crippen LogP contribution in [0.2, 0.25) is 0 Å². The summed E-state index contributed by atoms with van der Waals surface area (Å²) in [5.74, 6) is 0.528. The fourth-order valence-corrected chi connectivity index (χ4v) is 5.98. The predicted molar refractivity (Wildman–Crippen MR) is 113 cm³/mol. The first-order valence-corrected chi connectivity index (χ1v) is 11.6. The van der Waals surface area contributed by atoms with Gasteiger partial charge in [0.2, 0.25) is 5.91 Å². The van der Waals surface area contributed by atoms with Crippen LogP contribution >= 0.6 is 0 Å². The maximum absolute atomic E-state index is 12.8. The molecule has 1 N–H and O–H groups in total. The van der Waals surface area contributed by atoms with Crippen LogP contribution in [0.3, 0.4) is 0 Å². The van der Waals surface area contributed by atoms with Crippen LogP contribution in [0.15, 0.2) is 24.3 Å². The van der Waals surface area contributed by atoms with E-state index in [1.807, 2.05) is 4.90 Å². The smallest absolute Gasteiger partial charge is 0.319 e. The maximum atomic E-state index is 12.8. The first-order chi connectivity index (χ1) is 14.1. The summed E-state index contributed by atoms with van der Waals surface area (Å²) in [5.41, 5.74) is 2.95. The van der Waals surface area contributed by atoms with Gasteiger partial charge in [-0.3, -0.25) is 4.79 Å². The van der Waals surface area contributed by atoms with Gasteiger partial charge in [0, 0.05) is 38.6 Å². The zero-order valence-corrected chi connectivity index (χ0v) is 17.4. The molecule has 2 aliphatic carbocycles. The lowest BCUT2D eigenvalue weighted by molar-refractivity contribution is -0.122. The highest BCUT2D eigenvalue weighted by Gasteiger charge is 2.46. The number of hydrogen-bond acceptors (Lipinski definition) is 2. The summed E-state index contributed by atoms with van der Waals surface area (Å²) in [7, 11) is 0. The Morgan fingerprint density at radius 1 is 0.966 bits per heavy atom. The van der Waals surface area contributed by atoms with Crippen molar-refractivity contribution in [1.29, 1.82) is 0 Å². The van der Waals surface area contributed by atoms with Gasteiger partial charge < -0.3 is 15.1 Å². The Hall–Kier alpha value is -2.04. The number of amides is 3. The van der Waals surface area contributed by atoms with E-state index in [2.05, 4.69) is 34.5 Å². The van der Waals surface area contributed by atoms with Crippen molar-refractivity contribution in [3.05, 3.63) is 35.4 Å². The minimum absolute atomic E-state index is 0.139. The second-order valence-electron chi connectivity index (χ2n) is 9.63. The van der Waals surface area contributed by atoms with Gasteiger partial charge in [-0.1, -0.05) is 24.3 Å². The van der Waals surface area contributed by atoms with Gasteiger partial charge in [-0.05, 0) is 73.8 Å². The summed E-state index contributed by atoms with van der Waals surface area (Å²) in [5, 5.41) is 3.22. The molecule has 3 fully saturated rings. The van der Waals surface area contributed by atoms with Crippen LogP contribution in [-0.2, 0) is 10.2 Å². The molecule has 29 heavy (non-hydrogen) atoms. The largest absolute Gasteiger partial charge is 0.353 e. The van der Waals surface area contributed by atoms with E-state index in [0.717, 1.165) is 71.1 Å². The third-order valence-corrected chi connectivity index (χ3v) is 7.88. The van der Waals surface area contributed by atoms with E-state index in [1.54, 1.807) is 0 Å². The van der Waals surface area contributed by atoms with Crippen LogP contribution in [0.5, 0.6) is 0 Å². The number of nitrogens with one attached hydrogen (secondary N) is 1. The number of piperidine rings is 1. The van der Waals surface area contributed by atoms with Crippen molar-refractivity contribution >= 4 is 11.9 Å². The lowest BCUT2D eigenvalue weighted by Gasteiger charge is -2.41. The van der Waals surface area contributed by atoms with E-state index in [1.165, 1.54) is 17.5 Å². The Kier molecular flexibility index (Phi) is 5.00. The number of carbonyl (C=O) groups is 2. The molecule has 2 aliphatic heterocycles. The molecule has 3 amide bonds. The Morgan fingerprint density at radius 3 is 2.34 bits per heavy atom. The molecule has 1 spiro atoms. The predicted octanol–water partition coefficient (Wildman–Crippen LogP) is 3.78. The third kappa shape index (κ3) is 3.53. The summed E-state index contributed by atoms with van der Waals surface area (Å²) < 4.78 is 0. The highest BCUT2D eigenvalue weighted by atomic mass is 16.2. The van der Waals surface area contributed by atoms with Crippen molar-refractivity contribution in [2.75, 3.05) is 26.2 Å². The lowest BCUT2D eigenvalue weighted by Crippen LogP contribution is -2.49. The number of likely N-dealkylation sites (tertiary alicyclic amines) is 2. The maximum Gasteiger partial charge on any atom is 0.319 e.